The van der Waals surface area contributed by atoms with Crippen LogP contribution in [-0.2, 0) is 6.54 Å². The van der Waals surface area contributed by atoms with E-state index in [9.17, 15) is 4.79 Å². The minimum atomic E-state index is -0.0346. The predicted molar refractivity (Wildman–Crippen MR) is 75.4 cm³/mol. The zero-order valence-corrected chi connectivity index (χ0v) is 10.9. The molecule has 0 unspecified atom stereocenters. The van der Waals surface area contributed by atoms with Gasteiger partial charge in [-0.15, -0.1) is 0 Å². The molecule has 98 valence electrons. The lowest BCUT2D eigenvalue weighted by Gasteiger charge is -2.09. The summed E-state index contributed by atoms with van der Waals surface area (Å²) in [4.78, 5) is 12.4. The molecule has 0 spiro atoms. The van der Waals surface area contributed by atoms with Gasteiger partial charge in [0.15, 0.2) is 5.78 Å². The van der Waals surface area contributed by atoms with Crippen LogP contribution in [0.25, 0.3) is 0 Å². The Hall–Kier alpha value is -2.13. The van der Waals surface area contributed by atoms with Gasteiger partial charge in [0.05, 0.1) is 12.2 Å². The second-order valence-corrected chi connectivity index (χ2v) is 4.16. The van der Waals surface area contributed by atoms with E-state index in [1.807, 2.05) is 37.3 Å². The Morgan fingerprint density at radius 1 is 1.11 bits per heavy atom. The third-order valence-corrected chi connectivity index (χ3v) is 2.88. The molecule has 0 bridgehead atoms. The summed E-state index contributed by atoms with van der Waals surface area (Å²) in [5, 5.41) is 0. The van der Waals surface area contributed by atoms with E-state index in [4.69, 9.17) is 10.5 Å². The molecule has 0 aliphatic carbocycles. The highest BCUT2D eigenvalue weighted by Crippen LogP contribution is 2.21. The lowest BCUT2D eigenvalue weighted by molar-refractivity contribution is 0.103. The van der Waals surface area contributed by atoms with Crippen LogP contribution in [-0.4, -0.2) is 12.4 Å². The summed E-state index contributed by atoms with van der Waals surface area (Å²) in [7, 11) is 0. The van der Waals surface area contributed by atoms with E-state index in [0.717, 1.165) is 5.56 Å². The lowest BCUT2D eigenvalue weighted by atomic mass is 10.0. The van der Waals surface area contributed by atoms with Gasteiger partial charge in [-0.3, -0.25) is 4.79 Å². The second kappa shape index (κ2) is 6.16. The predicted octanol–water partition coefficient (Wildman–Crippen LogP) is 2.78. The van der Waals surface area contributed by atoms with E-state index >= 15 is 0 Å². The maximum Gasteiger partial charge on any atom is 0.196 e. The van der Waals surface area contributed by atoms with Crippen molar-refractivity contribution in [2.75, 3.05) is 6.61 Å². The molecule has 19 heavy (non-hydrogen) atoms. The molecular formula is C16H17NO2. The van der Waals surface area contributed by atoms with E-state index < -0.39 is 0 Å². The van der Waals surface area contributed by atoms with Gasteiger partial charge in [0.1, 0.15) is 5.75 Å². The fourth-order valence-corrected chi connectivity index (χ4v) is 1.88. The molecule has 3 heteroatoms. The highest BCUT2D eigenvalue weighted by molar-refractivity contribution is 6.10. The summed E-state index contributed by atoms with van der Waals surface area (Å²) in [6.07, 6.45) is 0. The average Bonchev–Trinajstić information content (AvgIpc) is 2.47. The van der Waals surface area contributed by atoms with Crippen LogP contribution in [0.3, 0.4) is 0 Å². The van der Waals surface area contributed by atoms with Gasteiger partial charge in [-0.25, -0.2) is 0 Å². The van der Waals surface area contributed by atoms with Crippen molar-refractivity contribution in [2.24, 2.45) is 5.73 Å². The van der Waals surface area contributed by atoms with Crippen LogP contribution in [0, 0.1) is 0 Å². The first-order valence-corrected chi connectivity index (χ1v) is 6.31. The van der Waals surface area contributed by atoms with E-state index in [1.165, 1.54) is 0 Å². The molecule has 0 amide bonds. The molecular weight excluding hydrogens is 238 g/mol. The zero-order chi connectivity index (χ0) is 13.7. The lowest BCUT2D eigenvalue weighted by Crippen LogP contribution is -2.06. The molecule has 0 atom stereocenters. The topological polar surface area (TPSA) is 52.3 Å². The van der Waals surface area contributed by atoms with Gasteiger partial charge < -0.3 is 10.5 Å². The molecule has 0 aromatic heterocycles. The maximum absolute atomic E-state index is 12.4. The third-order valence-electron chi connectivity index (χ3n) is 2.88. The smallest absolute Gasteiger partial charge is 0.196 e. The van der Waals surface area contributed by atoms with Gasteiger partial charge in [0.25, 0.3) is 0 Å². The highest BCUT2D eigenvalue weighted by atomic mass is 16.5. The third kappa shape index (κ3) is 3.01. The van der Waals surface area contributed by atoms with Crippen LogP contribution >= 0.6 is 0 Å². The number of hydrogen-bond donors (Lipinski definition) is 1. The zero-order valence-electron chi connectivity index (χ0n) is 10.9. The van der Waals surface area contributed by atoms with Gasteiger partial charge in [-0.1, -0.05) is 36.4 Å². The van der Waals surface area contributed by atoms with Crippen molar-refractivity contribution in [2.45, 2.75) is 13.5 Å². The van der Waals surface area contributed by atoms with Crippen molar-refractivity contribution in [3.63, 3.8) is 0 Å². The Morgan fingerprint density at radius 3 is 2.42 bits per heavy atom. The van der Waals surface area contributed by atoms with Crippen LogP contribution in [0.4, 0.5) is 0 Å². The van der Waals surface area contributed by atoms with Gasteiger partial charge in [0.2, 0.25) is 0 Å². The fourth-order valence-electron chi connectivity index (χ4n) is 1.88. The average molecular weight is 255 g/mol. The monoisotopic (exact) mass is 255 g/mol. The van der Waals surface area contributed by atoms with Crippen molar-refractivity contribution in [1.82, 2.24) is 0 Å². The molecule has 0 heterocycles. The van der Waals surface area contributed by atoms with E-state index in [2.05, 4.69) is 0 Å². The van der Waals surface area contributed by atoms with Crippen molar-refractivity contribution >= 4 is 5.78 Å². The molecule has 0 fully saturated rings. The minimum absolute atomic E-state index is 0.0346. The first-order valence-electron chi connectivity index (χ1n) is 6.31. The first-order chi connectivity index (χ1) is 9.26. The number of para-hydroxylation sites is 1. The largest absolute Gasteiger partial charge is 0.493 e. The number of rotatable bonds is 5. The van der Waals surface area contributed by atoms with Crippen LogP contribution < -0.4 is 10.5 Å². The van der Waals surface area contributed by atoms with Crippen LogP contribution in [0.2, 0.25) is 0 Å². The number of hydrogen-bond acceptors (Lipinski definition) is 3. The molecule has 0 saturated heterocycles. The van der Waals surface area contributed by atoms with Gasteiger partial charge >= 0.3 is 0 Å². The molecule has 2 N–H and O–H groups in total. The van der Waals surface area contributed by atoms with E-state index in [1.54, 1.807) is 18.2 Å². The standard InChI is InChI=1S/C16H17NO2/c1-2-19-15-6-4-3-5-14(15)16(18)13-9-7-12(11-17)8-10-13/h3-10H,2,11,17H2,1H3. The van der Waals surface area contributed by atoms with Gasteiger partial charge in [-0.2, -0.15) is 0 Å². The minimum Gasteiger partial charge on any atom is -0.493 e. The second-order valence-electron chi connectivity index (χ2n) is 4.16. The number of benzene rings is 2. The van der Waals surface area contributed by atoms with Crippen molar-refractivity contribution in [3.05, 3.63) is 65.2 Å². The Labute approximate surface area is 113 Å². The number of ether oxygens (including phenoxy) is 1. The molecule has 0 aliphatic rings. The van der Waals surface area contributed by atoms with Crippen molar-refractivity contribution < 1.29 is 9.53 Å². The van der Waals surface area contributed by atoms with Crippen LogP contribution in [0.15, 0.2) is 48.5 Å². The summed E-state index contributed by atoms with van der Waals surface area (Å²) in [6.45, 7) is 2.91. The van der Waals surface area contributed by atoms with Gasteiger partial charge in [0, 0.05) is 12.1 Å². The summed E-state index contributed by atoms with van der Waals surface area (Å²) in [5.74, 6) is 0.588. The Kier molecular flexibility index (Phi) is 4.31. The summed E-state index contributed by atoms with van der Waals surface area (Å²) < 4.78 is 5.48. The number of carbonyl (C=O) groups excluding carboxylic acids is 1. The van der Waals surface area contributed by atoms with E-state index in [0.29, 0.717) is 30.0 Å². The van der Waals surface area contributed by atoms with Gasteiger partial charge in [-0.05, 0) is 24.6 Å². The molecule has 0 saturated carbocycles. The van der Waals surface area contributed by atoms with Crippen LogP contribution in [0.5, 0.6) is 5.75 Å². The van der Waals surface area contributed by atoms with Crippen LogP contribution in [0.1, 0.15) is 28.4 Å². The maximum atomic E-state index is 12.4. The molecule has 2 rings (SSSR count). The number of carbonyl (C=O) groups is 1. The first kappa shape index (κ1) is 13.3. The number of ketones is 1. The molecule has 2 aromatic carbocycles. The van der Waals surface area contributed by atoms with Crippen molar-refractivity contribution in [1.29, 1.82) is 0 Å². The molecule has 0 radical (unpaired) electrons. The number of nitrogens with two attached hydrogens (primary N) is 1. The Bertz CT molecular complexity index is 561. The normalized spacial score (nSPS) is 10.2. The molecule has 2 aromatic rings. The van der Waals surface area contributed by atoms with Crippen molar-refractivity contribution in [3.8, 4) is 5.75 Å². The highest BCUT2D eigenvalue weighted by Gasteiger charge is 2.13. The SMILES string of the molecule is CCOc1ccccc1C(=O)c1ccc(CN)cc1. The summed E-state index contributed by atoms with van der Waals surface area (Å²) in [6, 6.07) is 14.6. The Morgan fingerprint density at radius 2 is 1.79 bits per heavy atom. The van der Waals surface area contributed by atoms with E-state index in [-0.39, 0.29) is 5.78 Å². The molecule has 3 nitrogen and oxygen atoms in total. The Balaban J connectivity index is 2.32. The summed E-state index contributed by atoms with van der Waals surface area (Å²) >= 11 is 0. The molecule has 0 aliphatic heterocycles. The fraction of sp³-hybridized carbons (Fsp3) is 0.188. The summed E-state index contributed by atoms with van der Waals surface area (Å²) in [5.41, 5.74) is 7.79. The quantitative estimate of drug-likeness (QED) is 0.836.